The molecule has 0 saturated carbocycles. The standard InChI is InChI=1S/C22H27ClN2O5S/c1-14-6-8-19-16(10-14)18(12-22(2,3)30-19)24-21(26)13-25(31(5,27)28)15-7-9-20(29-4)17(23)11-15/h6-11,18H,12-13H2,1-5H3,(H,24,26). The van der Waals surface area contributed by atoms with Crippen LogP contribution in [0.25, 0.3) is 0 Å². The van der Waals surface area contributed by atoms with E-state index in [-0.39, 0.29) is 23.3 Å². The van der Waals surface area contributed by atoms with Crippen LogP contribution in [0.15, 0.2) is 36.4 Å². The fraction of sp³-hybridized carbons (Fsp3) is 0.409. The van der Waals surface area contributed by atoms with E-state index < -0.39 is 21.5 Å². The second-order valence-corrected chi connectivity index (χ2v) is 10.6. The highest BCUT2D eigenvalue weighted by molar-refractivity contribution is 7.92. The van der Waals surface area contributed by atoms with Crippen LogP contribution >= 0.6 is 11.6 Å². The van der Waals surface area contributed by atoms with E-state index in [0.717, 1.165) is 21.7 Å². The van der Waals surface area contributed by atoms with Crippen LogP contribution in [-0.4, -0.2) is 39.8 Å². The van der Waals surface area contributed by atoms with E-state index in [4.69, 9.17) is 21.1 Å². The lowest BCUT2D eigenvalue weighted by Crippen LogP contribution is -2.45. The zero-order valence-corrected chi connectivity index (χ0v) is 19.8. The third-order valence-electron chi connectivity index (χ3n) is 5.07. The number of hydrogen-bond donors (Lipinski definition) is 1. The van der Waals surface area contributed by atoms with Crippen LogP contribution in [0.1, 0.15) is 37.4 Å². The van der Waals surface area contributed by atoms with Crippen LogP contribution in [0.3, 0.4) is 0 Å². The number of nitrogens with zero attached hydrogens (tertiary/aromatic N) is 1. The molecule has 1 atom stereocenters. The lowest BCUT2D eigenvalue weighted by atomic mass is 9.89. The molecule has 0 fully saturated rings. The Hall–Kier alpha value is -2.45. The molecule has 0 bridgehead atoms. The summed E-state index contributed by atoms with van der Waals surface area (Å²) < 4.78 is 37.0. The molecule has 1 amide bonds. The lowest BCUT2D eigenvalue weighted by Gasteiger charge is -2.38. The van der Waals surface area contributed by atoms with Crippen molar-refractivity contribution in [3.05, 3.63) is 52.5 Å². The van der Waals surface area contributed by atoms with Crippen molar-refractivity contribution in [3.8, 4) is 11.5 Å². The third-order valence-corrected chi connectivity index (χ3v) is 6.50. The summed E-state index contributed by atoms with van der Waals surface area (Å²) in [6.07, 6.45) is 1.61. The van der Waals surface area contributed by atoms with Gasteiger partial charge in [-0.1, -0.05) is 29.3 Å². The van der Waals surface area contributed by atoms with E-state index in [1.54, 1.807) is 12.1 Å². The number of sulfonamides is 1. The molecule has 9 heteroatoms. The zero-order valence-electron chi connectivity index (χ0n) is 18.2. The largest absolute Gasteiger partial charge is 0.495 e. The van der Waals surface area contributed by atoms with Crippen LogP contribution in [0.4, 0.5) is 5.69 Å². The topological polar surface area (TPSA) is 84.9 Å². The first kappa shape index (κ1) is 23.2. The van der Waals surface area contributed by atoms with E-state index in [2.05, 4.69) is 5.32 Å². The number of fused-ring (bicyclic) bond motifs is 1. The average Bonchev–Trinajstić information content (AvgIpc) is 2.65. The first-order valence-electron chi connectivity index (χ1n) is 9.80. The van der Waals surface area contributed by atoms with Crippen molar-refractivity contribution in [3.63, 3.8) is 0 Å². The molecule has 0 saturated heterocycles. The summed E-state index contributed by atoms with van der Waals surface area (Å²) in [4.78, 5) is 12.9. The number of carbonyl (C=O) groups is 1. The number of amides is 1. The smallest absolute Gasteiger partial charge is 0.241 e. The van der Waals surface area contributed by atoms with E-state index in [9.17, 15) is 13.2 Å². The molecule has 2 aromatic carbocycles. The molecule has 0 radical (unpaired) electrons. The van der Waals surface area contributed by atoms with Gasteiger partial charge in [-0.05, 0) is 45.0 Å². The van der Waals surface area contributed by atoms with Crippen molar-refractivity contribution in [1.82, 2.24) is 5.32 Å². The summed E-state index contributed by atoms with van der Waals surface area (Å²) >= 11 is 6.16. The molecule has 3 rings (SSSR count). The highest BCUT2D eigenvalue weighted by Gasteiger charge is 2.35. The van der Waals surface area contributed by atoms with E-state index in [1.165, 1.54) is 13.2 Å². The Labute approximate surface area is 188 Å². The number of aryl methyl sites for hydroxylation is 1. The maximum Gasteiger partial charge on any atom is 0.241 e. The maximum absolute atomic E-state index is 12.9. The van der Waals surface area contributed by atoms with Crippen molar-refractivity contribution in [2.24, 2.45) is 0 Å². The van der Waals surface area contributed by atoms with Crippen molar-refractivity contribution >= 4 is 33.2 Å². The molecule has 1 unspecified atom stereocenters. The zero-order chi connectivity index (χ0) is 23.0. The Morgan fingerprint density at radius 1 is 1.29 bits per heavy atom. The molecular weight excluding hydrogens is 440 g/mol. The monoisotopic (exact) mass is 466 g/mol. The number of rotatable bonds is 6. The highest BCUT2D eigenvalue weighted by atomic mass is 35.5. The van der Waals surface area contributed by atoms with Gasteiger partial charge in [0.15, 0.2) is 0 Å². The molecule has 1 heterocycles. The predicted octanol–water partition coefficient (Wildman–Crippen LogP) is 3.84. The number of ether oxygens (including phenoxy) is 2. The van der Waals surface area contributed by atoms with E-state index >= 15 is 0 Å². The predicted molar refractivity (Wildman–Crippen MR) is 122 cm³/mol. The van der Waals surface area contributed by atoms with Crippen molar-refractivity contribution in [1.29, 1.82) is 0 Å². The second kappa shape index (κ2) is 8.59. The molecular formula is C22H27ClN2O5S. The van der Waals surface area contributed by atoms with Crippen molar-refractivity contribution < 1.29 is 22.7 Å². The summed E-state index contributed by atoms with van der Waals surface area (Å²) in [7, 11) is -2.26. The molecule has 31 heavy (non-hydrogen) atoms. The summed E-state index contributed by atoms with van der Waals surface area (Å²) in [6, 6.07) is 10.1. The van der Waals surface area contributed by atoms with Gasteiger partial charge in [0.1, 0.15) is 23.6 Å². The van der Waals surface area contributed by atoms with E-state index in [1.807, 2.05) is 39.0 Å². The summed E-state index contributed by atoms with van der Waals surface area (Å²) in [5.41, 5.74) is 1.74. The highest BCUT2D eigenvalue weighted by Crippen LogP contribution is 2.40. The number of methoxy groups -OCH3 is 1. The molecule has 0 aliphatic carbocycles. The molecule has 1 aliphatic rings. The minimum Gasteiger partial charge on any atom is -0.495 e. The Kier molecular flexibility index (Phi) is 6.43. The molecule has 1 aliphatic heterocycles. The third kappa shape index (κ3) is 5.43. The van der Waals surface area contributed by atoms with Gasteiger partial charge in [0.25, 0.3) is 0 Å². The van der Waals surface area contributed by atoms with Crippen molar-refractivity contribution in [2.45, 2.75) is 38.8 Å². The van der Waals surface area contributed by atoms with Crippen LogP contribution in [0.5, 0.6) is 11.5 Å². The number of nitrogens with one attached hydrogen (secondary N) is 1. The van der Waals surface area contributed by atoms with Gasteiger partial charge in [0.05, 0.1) is 30.1 Å². The minimum atomic E-state index is -3.73. The minimum absolute atomic E-state index is 0.254. The summed E-state index contributed by atoms with van der Waals surface area (Å²) in [6.45, 7) is 5.51. The van der Waals surface area contributed by atoms with Crippen LogP contribution < -0.4 is 19.1 Å². The van der Waals surface area contributed by atoms with Gasteiger partial charge in [0.2, 0.25) is 15.9 Å². The number of benzene rings is 2. The van der Waals surface area contributed by atoms with Gasteiger partial charge in [-0.3, -0.25) is 9.10 Å². The molecule has 0 aromatic heterocycles. The molecule has 1 N–H and O–H groups in total. The van der Waals surface area contributed by atoms with E-state index in [0.29, 0.717) is 17.9 Å². The van der Waals surface area contributed by atoms with Gasteiger partial charge in [-0.15, -0.1) is 0 Å². The van der Waals surface area contributed by atoms with Gasteiger partial charge >= 0.3 is 0 Å². The Morgan fingerprint density at radius 3 is 2.61 bits per heavy atom. The molecule has 168 valence electrons. The second-order valence-electron chi connectivity index (χ2n) is 8.32. The fourth-order valence-corrected chi connectivity index (χ4v) is 4.78. The lowest BCUT2D eigenvalue weighted by molar-refractivity contribution is -0.120. The molecule has 2 aromatic rings. The normalized spacial score (nSPS) is 17.3. The molecule has 7 nitrogen and oxygen atoms in total. The van der Waals surface area contributed by atoms with Crippen LogP contribution in [-0.2, 0) is 14.8 Å². The van der Waals surface area contributed by atoms with Crippen LogP contribution in [0, 0.1) is 6.92 Å². The number of halogens is 1. The Morgan fingerprint density at radius 2 is 2.00 bits per heavy atom. The number of hydrogen-bond acceptors (Lipinski definition) is 5. The quantitative estimate of drug-likeness (QED) is 0.699. The Bertz CT molecular complexity index is 1100. The first-order chi connectivity index (χ1) is 14.4. The van der Waals surface area contributed by atoms with Gasteiger partial charge in [-0.2, -0.15) is 0 Å². The molecule has 0 spiro atoms. The van der Waals surface area contributed by atoms with Gasteiger partial charge in [0, 0.05) is 12.0 Å². The number of carbonyl (C=O) groups excluding carboxylic acids is 1. The van der Waals surface area contributed by atoms with Crippen molar-refractivity contribution in [2.75, 3.05) is 24.2 Å². The summed E-state index contributed by atoms with van der Waals surface area (Å²) in [5, 5.41) is 3.24. The van der Waals surface area contributed by atoms with Gasteiger partial charge < -0.3 is 14.8 Å². The summed E-state index contributed by atoms with van der Waals surface area (Å²) in [5.74, 6) is 0.710. The Balaban J connectivity index is 1.85. The van der Waals surface area contributed by atoms with Gasteiger partial charge in [-0.25, -0.2) is 8.42 Å². The fourth-order valence-electron chi connectivity index (χ4n) is 3.68. The maximum atomic E-state index is 12.9. The number of anilines is 1. The first-order valence-corrected chi connectivity index (χ1v) is 12.0. The average molecular weight is 467 g/mol. The SMILES string of the molecule is COc1ccc(N(CC(=O)NC2CC(C)(C)Oc3ccc(C)cc32)S(C)(=O)=O)cc1Cl. The van der Waals surface area contributed by atoms with Crippen LogP contribution in [0.2, 0.25) is 5.02 Å².